The Morgan fingerprint density at radius 3 is 2.57 bits per heavy atom. The third-order valence-electron chi connectivity index (χ3n) is 3.29. The summed E-state index contributed by atoms with van der Waals surface area (Å²) in [6, 6.07) is 7.76. The normalized spacial score (nSPS) is 10.4. The van der Waals surface area contributed by atoms with Crippen molar-refractivity contribution in [3.63, 3.8) is 0 Å². The lowest BCUT2D eigenvalue weighted by molar-refractivity contribution is 0.0954. The van der Waals surface area contributed by atoms with E-state index >= 15 is 0 Å². The van der Waals surface area contributed by atoms with Crippen LogP contribution in [0.25, 0.3) is 10.4 Å². The van der Waals surface area contributed by atoms with Crippen LogP contribution in [0.4, 0.5) is 5.00 Å². The molecule has 0 atom stereocenters. The van der Waals surface area contributed by atoms with Crippen LogP contribution >= 0.6 is 11.3 Å². The van der Waals surface area contributed by atoms with E-state index in [2.05, 4.69) is 5.32 Å². The first-order valence-electron chi connectivity index (χ1n) is 6.90. The van der Waals surface area contributed by atoms with E-state index in [4.69, 9.17) is 10.5 Å². The molecule has 1 aromatic carbocycles. The highest BCUT2D eigenvalue weighted by Crippen LogP contribution is 2.38. The number of nitrogens with one attached hydrogen (secondary N) is 1. The van der Waals surface area contributed by atoms with Gasteiger partial charge in [-0.1, -0.05) is 6.92 Å². The molecule has 2 aromatic rings. The van der Waals surface area contributed by atoms with E-state index in [0.29, 0.717) is 17.1 Å². The fourth-order valence-corrected chi connectivity index (χ4v) is 3.24. The van der Waals surface area contributed by atoms with Gasteiger partial charge in [-0.15, -0.1) is 11.3 Å². The summed E-state index contributed by atoms with van der Waals surface area (Å²) in [5.41, 5.74) is 8.61. The average molecular weight is 304 g/mol. The predicted molar refractivity (Wildman–Crippen MR) is 88.1 cm³/mol. The largest absolute Gasteiger partial charge is 0.497 e. The average Bonchev–Trinajstić information content (AvgIpc) is 2.80. The third kappa shape index (κ3) is 3.19. The topological polar surface area (TPSA) is 64.4 Å². The van der Waals surface area contributed by atoms with Crippen LogP contribution in [0.1, 0.15) is 29.3 Å². The van der Waals surface area contributed by atoms with Crippen molar-refractivity contribution in [1.29, 1.82) is 0 Å². The fraction of sp³-hybridized carbons (Fsp3) is 0.312. The van der Waals surface area contributed by atoms with E-state index in [0.717, 1.165) is 28.2 Å². The number of hydrogen-bond donors (Lipinski definition) is 2. The van der Waals surface area contributed by atoms with Crippen LogP contribution in [0.5, 0.6) is 5.75 Å². The number of hydrogen-bond acceptors (Lipinski definition) is 4. The molecule has 1 amide bonds. The Kier molecular flexibility index (Phi) is 4.85. The lowest BCUT2D eigenvalue weighted by atomic mass is 10.1. The number of nitrogens with two attached hydrogens (primary N) is 1. The Hall–Kier alpha value is -2.01. The lowest BCUT2D eigenvalue weighted by Gasteiger charge is -2.05. The molecule has 5 heteroatoms. The summed E-state index contributed by atoms with van der Waals surface area (Å²) in [7, 11) is 1.64. The minimum atomic E-state index is -0.0946. The van der Waals surface area contributed by atoms with Gasteiger partial charge in [-0.05, 0) is 48.7 Å². The highest BCUT2D eigenvalue weighted by Gasteiger charge is 2.19. The highest BCUT2D eigenvalue weighted by atomic mass is 32.1. The van der Waals surface area contributed by atoms with Gasteiger partial charge in [-0.2, -0.15) is 0 Å². The van der Waals surface area contributed by atoms with Gasteiger partial charge in [0.2, 0.25) is 0 Å². The zero-order valence-corrected chi connectivity index (χ0v) is 13.3. The molecule has 1 heterocycles. The molecule has 0 bridgehead atoms. The van der Waals surface area contributed by atoms with Crippen molar-refractivity contribution < 1.29 is 9.53 Å². The van der Waals surface area contributed by atoms with Gasteiger partial charge < -0.3 is 15.8 Å². The van der Waals surface area contributed by atoms with Crippen LogP contribution in [0.2, 0.25) is 0 Å². The summed E-state index contributed by atoms with van der Waals surface area (Å²) in [6.07, 6.45) is 0.903. The van der Waals surface area contributed by atoms with E-state index in [1.54, 1.807) is 7.11 Å². The van der Waals surface area contributed by atoms with Crippen LogP contribution in [0.15, 0.2) is 24.3 Å². The Labute approximate surface area is 128 Å². The molecular formula is C16H20N2O2S. The van der Waals surface area contributed by atoms with Gasteiger partial charge in [0.1, 0.15) is 5.75 Å². The van der Waals surface area contributed by atoms with Gasteiger partial charge in [0, 0.05) is 11.4 Å². The zero-order chi connectivity index (χ0) is 15.4. The van der Waals surface area contributed by atoms with E-state index in [-0.39, 0.29) is 5.91 Å². The summed E-state index contributed by atoms with van der Waals surface area (Å²) in [5, 5.41) is 3.44. The Morgan fingerprint density at radius 1 is 1.33 bits per heavy atom. The van der Waals surface area contributed by atoms with Crippen LogP contribution < -0.4 is 15.8 Å². The smallest absolute Gasteiger partial charge is 0.254 e. The number of methoxy groups -OCH3 is 1. The second-order valence-corrected chi connectivity index (χ2v) is 5.83. The summed E-state index contributed by atoms with van der Waals surface area (Å²) >= 11 is 1.45. The number of carbonyl (C=O) groups is 1. The van der Waals surface area contributed by atoms with Crippen LogP contribution in [-0.2, 0) is 0 Å². The minimum Gasteiger partial charge on any atom is -0.497 e. The molecular weight excluding hydrogens is 284 g/mol. The number of carbonyl (C=O) groups excluding carboxylic acids is 1. The second-order valence-electron chi connectivity index (χ2n) is 4.78. The van der Waals surface area contributed by atoms with Crippen molar-refractivity contribution in [3.8, 4) is 16.2 Å². The Balaban J connectivity index is 2.35. The molecule has 0 unspecified atom stereocenters. The maximum Gasteiger partial charge on any atom is 0.254 e. The number of amides is 1. The molecule has 21 heavy (non-hydrogen) atoms. The monoisotopic (exact) mass is 304 g/mol. The highest BCUT2D eigenvalue weighted by molar-refractivity contribution is 7.19. The van der Waals surface area contributed by atoms with Crippen LogP contribution in [0, 0.1) is 6.92 Å². The van der Waals surface area contributed by atoms with Crippen molar-refractivity contribution in [2.24, 2.45) is 0 Å². The molecule has 0 aliphatic carbocycles. The molecule has 0 saturated carbocycles. The molecule has 0 fully saturated rings. The molecule has 2 rings (SSSR count). The van der Waals surface area contributed by atoms with Gasteiger partial charge >= 0.3 is 0 Å². The first kappa shape index (κ1) is 15.4. The predicted octanol–water partition coefficient (Wildman–Crippen LogP) is 3.45. The molecule has 0 aliphatic heterocycles. The SMILES string of the molecule is CCCNC(=O)c1c(N)sc(-c2ccc(OC)cc2)c1C. The van der Waals surface area contributed by atoms with E-state index in [1.165, 1.54) is 11.3 Å². The summed E-state index contributed by atoms with van der Waals surface area (Å²) < 4.78 is 5.16. The first-order chi connectivity index (χ1) is 10.1. The summed E-state index contributed by atoms with van der Waals surface area (Å²) in [5.74, 6) is 0.713. The number of benzene rings is 1. The molecule has 0 saturated heterocycles. The standard InChI is InChI=1S/C16H20N2O2S/c1-4-9-18-16(19)13-10(2)14(21-15(13)17)11-5-7-12(20-3)8-6-11/h5-8H,4,9,17H2,1-3H3,(H,18,19). The number of thiophene rings is 1. The van der Waals surface area contributed by atoms with Gasteiger partial charge in [-0.25, -0.2) is 0 Å². The molecule has 4 nitrogen and oxygen atoms in total. The van der Waals surface area contributed by atoms with Crippen molar-refractivity contribution >= 4 is 22.2 Å². The maximum absolute atomic E-state index is 12.2. The van der Waals surface area contributed by atoms with Crippen molar-refractivity contribution in [1.82, 2.24) is 5.32 Å². The second kappa shape index (κ2) is 6.63. The van der Waals surface area contributed by atoms with Gasteiger partial charge in [0.25, 0.3) is 5.91 Å². The summed E-state index contributed by atoms with van der Waals surface area (Å²) in [6.45, 7) is 4.62. The van der Waals surface area contributed by atoms with Crippen molar-refractivity contribution in [3.05, 3.63) is 35.4 Å². The Morgan fingerprint density at radius 2 is 2.00 bits per heavy atom. The van der Waals surface area contributed by atoms with Crippen LogP contribution in [0.3, 0.4) is 0 Å². The maximum atomic E-state index is 12.2. The number of anilines is 1. The quantitative estimate of drug-likeness (QED) is 0.889. The first-order valence-corrected chi connectivity index (χ1v) is 7.71. The van der Waals surface area contributed by atoms with Crippen molar-refractivity contribution in [2.45, 2.75) is 20.3 Å². The zero-order valence-electron chi connectivity index (χ0n) is 12.5. The molecule has 0 spiro atoms. The molecule has 1 aromatic heterocycles. The minimum absolute atomic E-state index is 0.0946. The fourth-order valence-electron chi connectivity index (χ4n) is 2.16. The van der Waals surface area contributed by atoms with E-state index in [1.807, 2.05) is 38.1 Å². The third-order valence-corrected chi connectivity index (χ3v) is 4.46. The number of rotatable bonds is 5. The van der Waals surface area contributed by atoms with Gasteiger partial charge in [0.15, 0.2) is 0 Å². The van der Waals surface area contributed by atoms with Crippen LogP contribution in [-0.4, -0.2) is 19.6 Å². The summed E-state index contributed by atoms with van der Waals surface area (Å²) in [4.78, 5) is 13.2. The van der Waals surface area contributed by atoms with Gasteiger partial charge in [0.05, 0.1) is 17.7 Å². The molecule has 112 valence electrons. The lowest BCUT2D eigenvalue weighted by Crippen LogP contribution is -2.24. The molecule has 0 aliphatic rings. The van der Waals surface area contributed by atoms with Gasteiger partial charge in [-0.3, -0.25) is 4.79 Å². The van der Waals surface area contributed by atoms with E-state index in [9.17, 15) is 4.79 Å². The van der Waals surface area contributed by atoms with E-state index < -0.39 is 0 Å². The molecule has 0 radical (unpaired) electrons. The number of ether oxygens (including phenoxy) is 1. The molecule has 3 N–H and O–H groups in total. The van der Waals surface area contributed by atoms with Crippen molar-refractivity contribution in [2.75, 3.05) is 19.4 Å². The number of nitrogen functional groups attached to an aromatic ring is 1. The Bertz CT molecular complexity index is 632.